The van der Waals surface area contributed by atoms with Crippen LogP contribution in [-0.2, 0) is 0 Å². The van der Waals surface area contributed by atoms with Crippen LogP contribution in [0.1, 0.15) is 10.5 Å². The largest absolute Gasteiger partial charge is 0.435 e. The van der Waals surface area contributed by atoms with Gasteiger partial charge in [-0.2, -0.15) is 0 Å². The molecule has 0 atom stereocenters. The molecular formula is C20H20ClN3O2. The molecule has 0 fully saturated rings. The van der Waals surface area contributed by atoms with E-state index in [-0.39, 0.29) is 11.6 Å². The van der Waals surface area contributed by atoms with Crippen molar-refractivity contribution in [1.82, 2.24) is 15.2 Å². The van der Waals surface area contributed by atoms with Crippen LogP contribution >= 0.6 is 11.6 Å². The minimum Gasteiger partial charge on any atom is -0.435 e. The number of carbonyl (C=O) groups excluding carboxylic acids is 1. The van der Waals surface area contributed by atoms with Crippen molar-refractivity contribution in [2.24, 2.45) is 0 Å². The molecule has 0 bridgehead atoms. The van der Waals surface area contributed by atoms with Gasteiger partial charge >= 0.3 is 0 Å². The van der Waals surface area contributed by atoms with E-state index in [4.69, 9.17) is 16.0 Å². The Morgan fingerprint density at radius 2 is 1.77 bits per heavy atom. The molecule has 0 spiro atoms. The van der Waals surface area contributed by atoms with Gasteiger partial charge < -0.3 is 14.6 Å². The zero-order valence-corrected chi connectivity index (χ0v) is 15.5. The van der Waals surface area contributed by atoms with E-state index in [2.05, 4.69) is 10.3 Å². The maximum atomic E-state index is 12.6. The summed E-state index contributed by atoms with van der Waals surface area (Å²) < 4.78 is 5.95. The molecule has 0 aliphatic carbocycles. The number of benzene rings is 2. The number of halogens is 1. The van der Waals surface area contributed by atoms with Crippen LogP contribution in [0.25, 0.3) is 22.8 Å². The summed E-state index contributed by atoms with van der Waals surface area (Å²) in [4.78, 5) is 19.1. The van der Waals surface area contributed by atoms with E-state index < -0.39 is 0 Å². The van der Waals surface area contributed by atoms with Gasteiger partial charge in [0.2, 0.25) is 5.89 Å². The molecule has 0 saturated carbocycles. The van der Waals surface area contributed by atoms with Crippen molar-refractivity contribution in [2.45, 2.75) is 0 Å². The standard InChI is InChI=1S/C20H20ClN3O2/c1-24(2)13-12-22-19(25)17-18(14-6-4-3-5-7-14)26-20(23-17)15-8-10-16(21)11-9-15/h3-11H,12-13H2,1-2H3,(H,22,25). The van der Waals surface area contributed by atoms with Crippen molar-refractivity contribution in [3.63, 3.8) is 0 Å². The molecule has 1 N–H and O–H groups in total. The number of hydrogen-bond donors (Lipinski definition) is 1. The maximum absolute atomic E-state index is 12.6. The Bertz CT molecular complexity index is 874. The number of aromatic nitrogens is 1. The number of nitrogens with one attached hydrogen (secondary N) is 1. The molecule has 5 nitrogen and oxygen atoms in total. The molecule has 6 heteroatoms. The molecule has 0 aliphatic rings. The van der Waals surface area contributed by atoms with Gasteiger partial charge in [0, 0.05) is 29.2 Å². The van der Waals surface area contributed by atoms with Crippen molar-refractivity contribution in [3.05, 3.63) is 65.3 Å². The topological polar surface area (TPSA) is 58.4 Å². The van der Waals surface area contributed by atoms with Crippen LogP contribution in [0.4, 0.5) is 0 Å². The highest BCUT2D eigenvalue weighted by atomic mass is 35.5. The Labute approximate surface area is 157 Å². The second-order valence-electron chi connectivity index (χ2n) is 6.13. The summed E-state index contributed by atoms with van der Waals surface area (Å²) in [5.74, 6) is 0.589. The Kier molecular flexibility index (Phi) is 5.71. The SMILES string of the molecule is CN(C)CCNC(=O)c1nc(-c2ccc(Cl)cc2)oc1-c1ccccc1. The molecule has 1 aromatic heterocycles. The molecule has 26 heavy (non-hydrogen) atoms. The first-order valence-electron chi connectivity index (χ1n) is 8.29. The Balaban J connectivity index is 1.95. The molecule has 1 amide bonds. The fourth-order valence-electron chi connectivity index (χ4n) is 2.45. The normalized spacial score (nSPS) is 10.9. The van der Waals surface area contributed by atoms with Gasteiger partial charge in [0.1, 0.15) is 0 Å². The molecule has 3 aromatic rings. The van der Waals surface area contributed by atoms with E-state index in [0.717, 1.165) is 17.7 Å². The Morgan fingerprint density at radius 3 is 2.42 bits per heavy atom. The number of nitrogens with zero attached hydrogens (tertiary/aromatic N) is 2. The third kappa shape index (κ3) is 4.31. The molecule has 1 heterocycles. The lowest BCUT2D eigenvalue weighted by atomic mass is 10.1. The third-order valence-corrected chi connectivity index (χ3v) is 4.07. The number of amides is 1. The highest BCUT2D eigenvalue weighted by molar-refractivity contribution is 6.30. The lowest BCUT2D eigenvalue weighted by molar-refractivity contribution is 0.0947. The van der Waals surface area contributed by atoms with Gasteiger partial charge in [-0.25, -0.2) is 4.98 Å². The van der Waals surface area contributed by atoms with E-state index in [9.17, 15) is 4.79 Å². The Morgan fingerprint density at radius 1 is 1.08 bits per heavy atom. The summed E-state index contributed by atoms with van der Waals surface area (Å²) in [5, 5.41) is 3.52. The average Bonchev–Trinajstić information content (AvgIpc) is 3.08. The van der Waals surface area contributed by atoms with Gasteiger partial charge in [0.25, 0.3) is 5.91 Å². The van der Waals surface area contributed by atoms with Gasteiger partial charge in [-0.15, -0.1) is 0 Å². The smallest absolute Gasteiger partial charge is 0.273 e. The highest BCUT2D eigenvalue weighted by Gasteiger charge is 2.22. The fourth-order valence-corrected chi connectivity index (χ4v) is 2.58. The van der Waals surface area contributed by atoms with Crippen LogP contribution in [0.15, 0.2) is 59.0 Å². The summed E-state index contributed by atoms with van der Waals surface area (Å²) in [7, 11) is 3.91. The van der Waals surface area contributed by atoms with E-state index >= 15 is 0 Å². The van der Waals surface area contributed by atoms with Crippen molar-refractivity contribution in [3.8, 4) is 22.8 Å². The predicted molar refractivity (Wildman–Crippen MR) is 103 cm³/mol. The number of hydrogen-bond acceptors (Lipinski definition) is 4. The van der Waals surface area contributed by atoms with Gasteiger partial charge in [-0.3, -0.25) is 4.79 Å². The third-order valence-electron chi connectivity index (χ3n) is 3.81. The highest BCUT2D eigenvalue weighted by Crippen LogP contribution is 2.30. The van der Waals surface area contributed by atoms with Crippen LogP contribution in [0, 0.1) is 0 Å². The Hall–Kier alpha value is -2.63. The molecule has 0 unspecified atom stereocenters. The molecular weight excluding hydrogens is 350 g/mol. The molecule has 2 aromatic carbocycles. The number of carbonyl (C=O) groups is 1. The van der Waals surface area contributed by atoms with Gasteiger partial charge in [0.15, 0.2) is 11.5 Å². The van der Waals surface area contributed by atoms with E-state index in [0.29, 0.717) is 23.2 Å². The fraction of sp³-hybridized carbons (Fsp3) is 0.200. The van der Waals surface area contributed by atoms with Crippen molar-refractivity contribution in [1.29, 1.82) is 0 Å². The lowest BCUT2D eigenvalue weighted by Crippen LogP contribution is -2.31. The molecule has 3 rings (SSSR count). The van der Waals surface area contributed by atoms with Gasteiger partial charge in [-0.1, -0.05) is 41.9 Å². The van der Waals surface area contributed by atoms with E-state index in [1.165, 1.54) is 0 Å². The number of rotatable bonds is 6. The quantitative estimate of drug-likeness (QED) is 0.714. The molecule has 134 valence electrons. The summed E-state index contributed by atoms with van der Waals surface area (Å²) in [5.41, 5.74) is 1.84. The first-order chi connectivity index (χ1) is 12.5. The van der Waals surface area contributed by atoms with Crippen molar-refractivity contribution in [2.75, 3.05) is 27.2 Å². The van der Waals surface area contributed by atoms with Crippen LogP contribution < -0.4 is 5.32 Å². The molecule has 0 radical (unpaired) electrons. The summed E-state index contributed by atoms with van der Waals surface area (Å²) in [6, 6.07) is 16.6. The van der Waals surface area contributed by atoms with Gasteiger partial charge in [-0.05, 0) is 38.4 Å². The molecule has 0 aliphatic heterocycles. The monoisotopic (exact) mass is 369 g/mol. The van der Waals surface area contributed by atoms with Crippen LogP contribution in [-0.4, -0.2) is 43.0 Å². The van der Waals surface area contributed by atoms with Crippen LogP contribution in [0.2, 0.25) is 5.02 Å². The summed E-state index contributed by atoms with van der Waals surface area (Å²) in [6.45, 7) is 1.28. The zero-order chi connectivity index (χ0) is 18.5. The zero-order valence-electron chi connectivity index (χ0n) is 14.7. The maximum Gasteiger partial charge on any atom is 0.273 e. The van der Waals surface area contributed by atoms with E-state index in [1.54, 1.807) is 12.1 Å². The van der Waals surface area contributed by atoms with Crippen LogP contribution in [0.5, 0.6) is 0 Å². The minimum atomic E-state index is -0.255. The molecule has 0 saturated heterocycles. The first kappa shape index (κ1) is 18.2. The number of likely N-dealkylation sites (N-methyl/N-ethyl adjacent to an activating group) is 1. The lowest BCUT2D eigenvalue weighted by Gasteiger charge is -2.09. The number of oxazole rings is 1. The summed E-state index contributed by atoms with van der Waals surface area (Å²) >= 11 is 5.95. The van der Waals surface area contributed by atoms with Crippen molar-refractivity contribution < 1.29 is 9.21 Å². The first-order valence-corrected chi connectivity index (χ1v) is 8.67. The van der Waals surface area contributed by atoms with Crippen LogP contribution in [0.3, 0.4) is 0 Å². The minimum absolute atomic E-state index is 0.255. The predicted octanol–water partition coefficient (Wildman–Crippen LogP) is 3.95. The van der Waals surface area contributed by atoms with Gasteiger partial charge in [0.05, 0.1) is 0 Å². The second-order valence-corrected chi connectivity index (χ2v) is 6.57. The van der Waals surface area contributed by atoms with Crippen molar-refractivity contribution >= 4 is 17.5 Å². The van der Waals surface area contributed by atoms with E-state index in [1.807, 2.05) is 61.5 Å². The second kappa shape index (κ2) is 8.17. The average molecular weight is 370 g/mol. The summed E-state index contributed by atoms with van der Waals surface area (Å²) in [6.07, 6.45) is 0.